The predicted molar refractivity (Wildman–Crippen MR) is 104 cm³/mol. The van der Waals surface area contributed by atoms with E-state index in [2.05, 4.69) is 47.5 Å². The van der Waals surface area contributed by atoms with E-state index in [1.807, 2.05) is 6.07 Å². The molecule has 3 rings (SSSR count). The molecule has 140 valence electrons. The van der Waals surface area contributed by atoms with E-state index in [9.17, 15) is 4.79 Å². The number of nitrogens with zero attached hydrogens (tertiary/aromatic N) is 1. The van der Waals surface area contributed by atoms with Gasteiger partial charge in [0.1, 0.15) is 5.75 Å². The largest absolute Gasteiger partial charge is 0.497 e. The molecular weight excluding hydrogens is 328 g/mol. The summed E-state index contributed by atoms with van der Waals surface area (Å²) in [6, 6.07) is 12.6. The Morgan fingerprint density at radius 1 is 1.27 bits per heavy atom. The average molecular weight is 356 g/mol. The van der Waals surface area contributed by atoms with Gasteiger partial charge in [-0.1, -0.05) is 24.3 Å². The summed E-state index contributed by atoms with van der Waals surface area (Å²) in [6.07, 6.45) is 1.34. The van der Waals surface area contributed by atoms with Crippen LogP contribution in [0.5, 0.6) is 5.75 Å². The van der Waals surface area contributed by atoms with Gasteiger partial charge in [-0.2, -0.15) is 0 Å². The number of morpholine rings is 1. The van der Waals surface area contributed by atoms with Crippen molar-refractivity contribution >= 4 is 16.7 Å². The first kappa shape index (κ1) is 18.7. The summed E-state index contributed by atoms with van der Waals surface area (Å²) in [5.41, 5.74) is 1.22. The lowest BCUT2D eigenvalue weighted by Crippen LogP contribution is -2.44. The minimum Gasteiger partial charge on any atom is -0.497 e. The molecule has 0 bridgehead atoms. The molecule has 26 heavy (non-hydrogen) atoms. The first-order valence-corrected chi connectivity index (χ1v) is 9.31. The molecule has 1 heterocycles. The van der Waals surface area contributed by atoms with Crippen molar-refractivity contribution < 1.29 is 14.3 Å². The van der Waals surface area contributed by atoms with Gasteiger partial charge in [-0.15, -0.1) is 0 Å². The van der Waals surface area contributed by atoms with Crippen molar-refractivity contribution in [2.75, 3.05) is 40.0 Å². The van der Waals surface area contributed by atoms with Crippen LogP contribution in [0.1, 0.15) is 18.9 Å². The van der Waals surface area contributed by atoms with E-state index >= 15 is 0 Å². The zero-order valence-corrected chi connectivity index (χ0v) is 15.7. The first-order chi connectivity index (χ1) is 12.7. The standard InChI is InChI=1S/C21H28N2O3/c1-16(23-10-12-26-13-11-23)14-21(24)22-9-8-18-5-3-4-17-6-7-19(25-2)15-20(17)18/h3-7,15-16H,8-14H2,1-2H3,(H,22,24). The third-order valence-electron chi connectivity index (χ3n) is 5.05. The maximum absolute atomic E-state index is 12.3. The van der Waals surface area contributed by atoms with Gasteiger partial charge in [0.05, 0.1) is 20.3 Å². The Kier molecular flexibility index (Phi) is 6.47. The highest BCUT2D eigenvalue weighted by atomic mass is 16.5. The van der Waals surface area contributed by atoms with Gasteiger partial charge in [-0.25, -0.2) is 0 Å². The maximum Gasteiger partial charge on any atom is 0.221 e. The van der Waals surface area contributed by atoms with Crippen LogP contribution in [-0.2, 0) is 16.0 Å². The first-order valence-electron chi connectivity index (χ1n) is 9.31. The van der Waals surface area contributed by atoms with Crippen molar-refractivity contribution in [3.8, 4) is 5.75 Å². The number of methoxy groups -OCH3 is 1. The van der Waals surface area contributed by atoms with Gasteiger partial charge < -0.3 is 14.8 Å². The monoisotopic (exact) mass is 356 g/mol. The molecule has 1 amide bonds. The number of fused-ring (bicyclic) bond motifs is 1. The number of hydrogen-bond acceptors (Lipinski definition) is 4. The van der Waals surface area contributed by atoms with Crippen LogP contribution in [0.15, 0.2) is 36.4 Å². The summed E-state index contributed by atoms with van der Waals surface area (Å²) >= 11 is 0. The number of rotatable bonds is 7. The van der Waals surface area contributed by atoms with Gasteiger partial charge in [-0.3, -0.25) is 9.69 Å². The Balaban J connectivity index is 1.52. The number of amides is 1. The highest BCUT2D eigenvalue weighted by molar-refractivity contribution is 5.87. The minimum absolute atomic E-state index is 0.113. The molecule has 2 aromatic carbocycles. The molecule has 5 nitrogen and oxygen atoms in total. The predicted octanol–water partition coefficient (Wildman–Crippen LogP) is 2.62. The molecule has 0 radical (unpaired) electrons. The molecule has 0 saturated carbocycles. The Bertz CT molecular complexity index is 741. The van der Waals surface area contributed by atoms with E-state index in [1.54, 1.807) is 7.11 Å². The maximum atomic E-state index is 12.3. The molecule has 1 aliphatic heterocycles. The van der Waals surface area contributed by atoms with E-state index < -0.39 is 0 Å². The lowest BCUT2D eigenvalue weighted by atomic mass is 10.0. The number of hydrogen-bond donors (Lipinski definition) is 1. The quantitative estimate of drug-likeness (QED) is 0.829. The van der Waals surface area contributed by atoms with Crippen LogP contribution < -0.4 is 10.1 Å². The second-order valence-corrected chi connectivity index (χ2v) is 6.81. The van der Waals surface area contributed by atoms with Crippen molar-refractivity contribution in [1.29, 1.82) is 0 Å². The van der Waals surface area contributed by atoms with Gasteiger partial charge in [0.2, 0.25) is 5.91 Å². The van der Waals surface area contributed by atoms with Crippen LogP contribution in [-0.4, -0.2) is 56.8 Å². The fourth-order valence-electron chi connectivity index (χ4n) is 3.49. The Hall–Kier alpha value is -2.11. The van der Waals surface area contributed by atoms with Crippen molar-refractivity contribution in [2.24, 2.45) is 0 Å². The van der Waals surface area contributed by atoms with E-state index in [1.165, 1.54) is 16.3 Å². The molecule has 1 atom stereocenters. The highest BCUT2D eigenvalue weighted by Gasteiger charge is 2.19. The van der Waals surface area contributed by atoms with Gasteiger partial charge in [0.15, 0.2) is 0 Å². The van der Waals surface area contributed by atoms with Gasteiger partial charge in [-0.05, 0) is 41.8 Å². The molecule has 1 saturated heterocycles. The number of ether oxygens (including phenoxy) is 2. The zero-order valence-electron chi connectivity index (χ0n) is 15.7. The van der Waals surface area contributed by atoms with Crippen molar-refractivity contribution in [2.45, 2.75) is 25.8 Å². The normalized spacial score (nSPS) is 16.4. The second-order valence-electron chi connectivity index (χ2n) is 6.81. The SMILES string of the molecule is COc1ccc2cccc(CCNC(=O)CC(C)N3CCOCC3)c2c1. The van der Waals surface area contributed by atoms with Crippen LogP contribution in [0.4, 0.5) is 0 Å². The number of nitrogens with one attached hydrogen (secondary N) is 1. The summed E-state index contributed by atoms with van der Waals surface area (Å²) < 4.78 is 10.7. The fraction of sp³-hybridized carbons (Fsp3) is 0.476. The molecule has 0 aromatic heterocycles. The topological polar surface area (TPSA) is 50.8 Å². The highest BCUT2D eigenvalue weighted by Crippen LogP contribution is 2.24. The Morgan fingerprint density at radius 2 is 2.08 bits per heavy atom. The van der Waals surface area contributed by atoms with Gasteiger partial charge in [0, 0.05) is 32.1 Å². The van der Waals surface area contributed by atoms with Crippen molar-refractivity contribution in [1.82, 2.24) is 10.2 Å². The van der Waals surface area contributed by atoms with Gasteiger partial charge in [0.25, 0.3) is 0 Å². The minimum atomic E-state index is 0.113. The van der Waals surface area contributed by atoms with Crippen molar-refractivity contribution in [3.05, 3.63) is 42.0 Å². The van der Waals surface area contributed by atoms with E-state index in [0.717, 1.165) is 38.5 Å². The average Bonchev–Trinajstić information content (AvgIpc) is 2.68. The zero-order chi connectivity index (χ0) is 18.4. The summed E-state index contributed by atoms with van der Waals surface area (Å²) in [7, 11) is 1.68. The summed E-state index contributed by atoms with van der Waals surface area (Å²) in [5, 5.41) is 5.44. The van der Waals surface area contributed by atoms with Crippen LogP contribution in [0, 0.1) is 0 Å². The molecule has 0 spiro atoms. The third kappa shape index (κ3) is 4.74. The van der Waals surface area contributed by atoms with Crippen molar-refractivity contribution in [3.63, 3.8) is 0 Å². The molecule has 0 aliphatic carbocycles. The van der Waals surface area contributed by atoms with E-state index in [4.69, 9.17) is 9.47 Å². The molecule has 1 aliphatic rings. The molecule has 1 fully saturated rings. The number of carbonyl (C=O) groups is 1. The lowest BCUT2D eigenvalue weighted by molar-refractivity contribution is -0.122. The van der Waals surface area contributed by atoms with Crippen LogP contribution in [0.2, 0.25) is 0 Å². The van der Waals surface area contributed by atoms with E-state index in [-0.39, 0.29) is 11.9 Å². The van der Waals surface area contributed by atoms with Gasteiger partial charge >= 0.3 is 0 Å². The Morgan fingerprint density at radius 3 is 2.85 bits per heavy atom. The summed E-state index contributed by atoms with van der Waals surface area (Å²) in [4.78, 5) is 14.6. The van der Waals surface area contributed by atoms with Crippen LogP contribution in [0.25, 0.3) is 10.8 Å². The number of carbonyl (C=O) groups excluding carboxylic acids is 1. The smallest absolute Gasteiger partial charge is 0.221 e. The van der Waals surface area contributed by atoms with Crippen LogP contribution >= 0.6 is 0 Å². The molecule has 1 N–H and O–H groups in total. The number of benzene rings is 2. The Labute approximate surface area is 155 Å². The second kappa shape index (κ2) is 9.01. The van der Waals surface area contributed by atoms with E-state index in [0.29, 0.717) is 13.0 Å². The summed E-state index contributed by atoms with van der Waals surface area (Å²) in [6.45, 7) is 6.10. The molecule has 1 unspecified atom stereocenters. The summed E-state index contributed by atoms with van der Waals surface area (Å²) in [5.74, 6) is 0.968. The molecular formula is C21H28N2O3. The fourth-order valence-corrected chi connectivity index (χ4v) is 3.49. The lowest BCUT2D eigenvalue weighted by Gasteiger charge is -2.31. The van der Waals surface area contributed by atoms with Crippen LogP contribution in [0.3, 0.4) is 0 Å². The third-order valence-corrected chi connectivity index (χ3v) is 5.05. The molecule has 5 heteroatoms. The molecule has 2 aromatic rings.